The summed E-state index contributed by atoms with van der Waals surface area (Å²) in [6.45, 7) is 0. The van der Waals surface area contributed by atoms with Crippen LogP contribution >= 0.6 is 12.2 Å². The van der Waals surface area contributed by atoms with Gasteiger partial charge in [-0.25, -0.2) is 4.39 Å². The number of benzene rings is 1. The molecule has 0 aromatic heterocycles. The van der Waals surface area contributed by atoms with Gasteiger partial charge in [-0.15, -0.1) is 0 Å². The lowest BCUT2D eigenvalue weighted by Gasteiger charge is -2.30. The van der Waals surface area contributed by atoms with Gasteiger partial charge in [0.25, 0.3) is 0 Å². The first-order valence-corrected chi connectivity index (χ1v) is 5.77. The number of nitrogens with one attached hydrogen (secondary N) is 1. The van der Waals surface area contributed by atoms with Crippen LogP contribution in [-0.4, -0.2) is 4.99 Å². The Morgan fingerprint density at radius 3 is 2.93 bits per heavy atom. The van der Waals surface area contributed by atoms with E-state index in [4.69, 9.17) is 12.2 Å². The summed E-state index contributed by atoms with van der Waals surface area (Å²) in [6.07, 6.45) is 3.59. The average Bonchev–Trinajstić information content (AvgIpc) is 2.66. The SMILES string of the molecule is Fc1ccc2c(c1)NC(=S)C1CCCC21. The molecule has 78 valence electrons. The monoisotopic (exact) mass is 221 g/mol. The number of thiocarbonyl (C=S) groups is 1. The van der Waals surface area contributed by atoms with Gasteiger partial charge in [0, 0.05) is 11.6 Å². The Kier molecular flexibility index (Phi) is 2.02. The highest BCUT2D eigenvalue weighted by molar-refractivity contribution is 7.80. The fraction of sp³-hybridized carbons (Fsp3) is 0.417. The van der Waals surface area contributed by atoms with Gasteiger partial charge in [0.1, 0.15) is 5.82 Å². The predicted octanol–water partition coefficient (Wildman–Crippen LogP) is 3.46. The lowest BCUT2D eigenvalue weighted by molar-refractivity contribution is 0.606. The van der Waals surface area contributed by atoms with E-state index in [2.05, 4.69) is 5.32 Å². The van der Waals surface area contributed by atoms with Crippen molar-refractivity contribution in [3.63, 3.8) is 0 Å². The minimum atomic E-state index is -0.194. The van der Waals surface area contributed by atoms with Crippen molar-refractivity contribution in [1.29, 1.82) is 0 Å². The van der Waals surface area contributed by atoms with Gasteiger partial charge in [-0.3, -0.25) is 0 Å². The second-order valence-electron chi connectivity index (χ2n) is 4.36. The zero-order valence-electron chi connectivity index (χ0n) is 8.29. The maximum absolute atomic E-state index is 13.1. The number of hydrogen-bond donors (Lipinski definition) is 1. The molecule has 0 bridgehead atoms. The Balaban J connectivity index is 2.11. The van der Waals surface area contributed by atoms with Crippen LogP contribution in [0.15, 0.2) is 18.2 Å². The van der Waals surface area contributed by atoms with Crippen LogP contribution < -0.4 is 5.32 Å². The summed E-state index contributed by atoms with van der Waals surface area (Å²) in [6, 6.07) is 5.00. The molecule has 2 atom stereocenters. The standard InChI is InChI=1S/C12H12FNS/c13-7-4-5-9-8-2-1-3-10(8)12(15)14-11(9)6-7/h4-6,8,10H,1-3H2,(H,14,15). The zero-order chi connectivity index (χ0) is 10.4. The lowest BCUT2D eigenvalue weighted by Crippen LogP contribution is -2.29. The van der Waals surface area contributed by atoms with Crippen LogP contribution in [0.5, 0.6) is 0 Å². The van der Waals surface area contributed by atoms with Gasteiger partial charge in [0.2, 0.25) is 0 Å². The third kappa shape index (κ3) is 1.37. The number of anilines is 1. The van der Waals surface area contributed by atoms with E-state index in [0.29, 0.717) is 11.8 Å². The number of fused-ring (bicyclic) bond motifs is 3. The highest BCUT2D eigenvalue weighted by Crippen LogP contribution is 2.46. The fourth-order valence-electron chi connectivity index (χ4n) is 2.83. The largest absolute Gasteiger partial charge is 0.349 e. The van der Waals surface area contributed by atoms with E-state index in [0.717, 1.165) is 10.7 Å². The zero-order valence-corrected chi connectivity index (χ0v) is 9.11. The van der Waals surface area contributed by atoms with Crippen molar-refractivity contribution in [2.75, 3.05) is 5.32 Å². The summed E-state index contributed by atoms with van der Waals surface area (Å²) in [5.74, 6) is 0.813. The van der Waals surface area contributed by atoms with E-state index in [1.807, 2.05) is 6.07 Å². The molecule has 2 unspecified atom stereocenters. The summed E-state index contributed by atoms with van der Waals surface area (Å²) < 4.78 is 13.1. The first kappa shape index (κ1) is 9.28. The Hall–Kier alpha value is -0.960. The third-order valence-electron chi connectivity index (χ3n) is 3.53. The molecule has 0 saturated heterocycles. The molecule has 1 nitrogen and oxygen atoms in total. The van der Waals surface area contributed by atoms with E-state index < -0.39 is 0 Å². The molecule has 1 N–H and O–H groups in total. The molecule has 0 spiro atoms. The van der Waals surface area contributed by atoms with Gasteiger partial charge in [-0.2, -0.15) is 0 Å². The van der Waals surface area contributed by atoms with Crippen LogP contribution in [0.2, 0.25) is 0 Å². The van der Waals surface area contributed by atoms with Crippen LogP contribution in [0.4, 0.5) is 10.1 Å². The van der Waals surface area contributed by atoms with Gasteiger partial charge in [0.05, 0.1) is 4.99 Å². The molecule has 1 aliphatic carbocycles. The highest BCUT2D eigenvalue weighted by atomic mass is 32.1. The van der Waals surface area contributed by atoms with Crippen molar-refractivity contribution in [1.82, 2.24) is 0 Å². The minimum Gasteiger partial charge on any atom is -0.349 e. The van der Waals surface area contributed by atoms with Crippen LogP contribution in [0, 0.1) is 11.7 Å². The second kappa shape index (κ2) is 3.27. The molecule has 0 radical (unpaired) electrons. The predicted molar refractivity (Wildman–Crippen MR) is 62.7 cm³/mol. The van der Waals surface area contributed by atoms with Crippen molar-refractivity contribution < 1.29 is 4.39 Å². The smallest absolute Gasteiger partial charge is 0.125 e. The summed E-state index contributed by atoms with van der Waals surface area (Å²) in [5, 5.41) is 3.16. The average molecular weight is 221 g/mol. The van der Waals surface area contributed by atoms with Crippen LogP contribution in [0.25, 0.3) is 0 Å². The summed E-state index contributed by atoms with van der Waals surface area (Å²) in [4.78, 5) is 0.899. The van der Waals surface area contributed by atoms with Gasteiger partial charge in [-0.05, 0) is 36.5 Å². The number of rotatable bonds is 0. The van der Waals surface area contributed by atoms with Crippen molar-refractivity contribution >= 4 is 22.9 Å². The number of halogens is 1. The molecule has 0 amide bonds. The van der Waals surface area contributed by atoms with Gasteiger partial charge < -0.3 is 5.32 Å². The topological polar surface area (TPSA) is 12.0 Å². The summed E-state index contributed by atoms with van der Waals surface area (Å²) >= 11 is 5.33. The number of hydrogen-bond acceptors (Lipinski definition) is 1. The van der Waals surface area contributed by atoms with Crippen LogP contribution in [-0.2, 0) is 0 Å². The first-order valence-electron chi connectivity index (χ1n) is 5.36. The van der Waals surface area contributed by atoms with Crippen molar-refractivity contribution in [3.05, 3.63) is 29.6 Å². The maximum atomic E-state index is 13.1. The van der Waals surface area contributed by atoms with E-state index in [-0.39, 0.29) is 5.82 Å². The molecule has 1 aromatic carbocycles. The molecule has 1 aliphatic heterocycles. The first-order chi connectivity index (χ1) is 7.25. The molecular weight excluding hydrogens is 209 g/mol. The van der Waals surface area contributed by atoms with Crippen LogP contribution in [0.1, 0.15) is 30.7 Å². The lowest BCUT2D eigenvalue weighted by atomic mass is 9.84. The second-order valence-corrected chi connectivity index (χ2v) is 4.80. The molecule has 1 heterocycles. The quantitative estimate of drug-likeness (QED) is 0.673. The fourth-order valence-corrected chi connectivity index (χ4v) is 3.22. The van der Waals surface area contributed by atoms with Gasteiger partial charge in [-0.1, -0.05) is 24.7 Å². The Morgan fingerprint density at radius 1 is 1.27 bits per heavy atom. The summed E-state index contributed by atoms with van der Waals surface area (Å²) in [7, 11) is 0. The van der Waals surface area contributed by atoms with E-state index in [1.54, 1.807) is 12.1 Å². The van der Waals surface area contributed by atoms with Crippen molar-refractivity contribution in [2.24, 2.45) is 5.92 Å². The highest BCUT2D eigenvalue weighted by Gasteiger charge is 2.36. The molecule has 3 heteroatoms. The van der Waals surface area contributed by atoms with Crippen LogP contribution in [0.3, 0.4) is 0 Å². The van der Waals surface area contributed by atoms with E-state index >= 15 is 0 Å². The van der Waals surface area contributed by atoms with Gasteiger partial charge in [0.15, 0.2) is 0 Å². The molecular formula is C12H12FNS. The minimum absolute atomic E-state index is 0.194. The molecule has 1 aromatic rings. The maximum Gasteiger partial charge on any atom is 0.125 e. The molecule has 15 heavy (non-hydrogen) atoms. The summed E-state index contributed by atoms with van der Waals surface area (Å²) in [5.41, 5.74) is 2.12. The van der Waals surface area contributed by atoms with Gasteiger partial charge >= 0.3 is 0 Å². The normalized spacial score (nSPS) is 28.2. The van der Waals surface area contributed by atoms with E-state index in [1.165, 1.54) is 24.8 Å². The molecule has 1 fully saturated rings. The van der Waals surface area contributed by atoms with E-state index in [9.17, 15) is 4.39 Å². The van der Waals surface area contributed by atoms with Crippen molar-refractivity contribution in [2.45, 2.75) is 25.2 Å². The molecule has 3 rings (SSSR count). The molecule has 1 saturated carbocycles. The Bertz CT molecular complexity index is 430. The van der Waals surface area contributed by atoms with Crippen molar-refractivity contribution in [3.8, 4) is 0 Å². The Morgan fingerprint density at radius 2 is 2.07 bits per heavy atom. The molecule has 2 aliphatic rings. The Labute approximate surface area is 93.7 Å². The third-order valence-corrected chi connectivity index (χ3v) is 3.93.